The summed E-state index contributed by atoms with van der Waals surface area (Å²) in [5, 5.41) is 4.91. The standard InChI is InChI=1S/C18H17N3O3S2/c1-24-14-8-6-13(7-9-14)19-17(23)21-16(22)11-26-18-20-15-5-3-2-4-12(15)10-25-18/h2-9H,10-11H2,1H3,(H2,19,21,22,23). The van der Waals surface area contributed by atoms with Gasteiger partial charge in [0.25, 0.3) is 0 Å². The van der Waals surface area contributed by atoms with Crippen LogP contribution >= 0.6 is 23.5 Å². The Labute approximate surface area is 159 Å². The lowest BCUT2D eigenvalue weighted by atomic mass is 10.2. The second-order valence-corrected chi connectivity index (χ2v) is 7.50. The molecule has 2 N–H and O–H groups in total. The molecule has 0 saturated carbocycles. The minimum absolute atomic E-state index is 0.129. The SMILES string of the molecule is COc1ccc(NC(=O)NC(=O)CSC2=Nc3ccccc3CS2)cc1. The lowest BCUT2D eigenvalue weighted by Gasteiger charge is -2.14. The number of amides is 3. The number of thioether (sulfide) groups is 2. The molecule has 26 heavy (non-hydrogen) atoms. The van der Waals surface area contributed by atoms with Crippen LogP contribution in [0.15, 0.2) is 53.5 Å². The van der Waals surface area contributed by atoms with E-state index in [2.05, 4.69) is 15.6 Å². The number of ether oxygens (including phenoxy) is 1. The molecule has 134 valence electrons. The summed E-state index contributed by atoms with van der Waals surface area (Å²) in [5.74, 6) is 1.28. The van der Waals surface area contributed by atoms with Crippen molar-refractivity contribution in [1.82, 2.24) is 5.32 Å². The fourth-order valence-electron chi connectivity index (χ4n) is 2.21. The van der Waals surface area contributed by atoms with Crippen molar-refractivity contribution in [2.24, 2.45) is 4.99 Å². The molecule has 0 fully saturated rings. The predicted molar refractivity (Wildman–Crippen MR) is 107 cm³/mol. The summed E-state index contributed by atoms with van der Waals surface area (Å²) in [4.78, 5) is 28.4. The number of benzene rings is 2. The van der Waals surface area contributed by atoms with E-state index in [4.69, 9.17) is 4.74 Å². The molecule has 2 aromatic rings. The first-order valence-electron chi connectivity index (χ1n) is 7.81. The minimum Gasteiger partial charge on any atom is -0.497 e. The Balaban J connectivity index is 1.46. The number of nitrogens with one attached hydrogen (secondary N) is 2. The summed E-state index contributed by atoms with van der Waals surface area (Å²) in [5.41, 5.74) is 2.70. The normalized spacial score (nSPS) is 12.6. The molecule has 0 spiro atoms. The molecule has 0 atom stereocenters. The Kier molecular flexibility index (Phi) is 6.19. The molecule has 3 amide bonds. The maximum atomic E-state index is 12.0. The monoisotopic (exact) mass is 387 g/mol. The molecule has 1 aliphatic rings. The fourth-order valence-corrected chi connectivity index (χ4v) is 4.08. The van der Waals surface area contributed by atoms with Crippen molar-refractivity contribution in [3.8, 4) is 5.75 Å². The molecule has 6 nitrogen and oxygen atoms in total. The van der Waals surface area contributed by atoms with E-state index >= 15 is 0 Å². The molecule has 8 heteroatoms. The highest BCUT2D eigenvalue weighted by Gasteiger charge is 2.15. The number of imide groups is 1. The van der Waals surface area contributed by atoms with Crippen LogP contribution in [0.4, 0.5) is 16.2 Å². The van der Waals surface area contributed by atoms with Crippen LogP contribution in [-0.4, -0.2) is 29.2 Å². The van der Waals surface area contributed by atoms with Crippen LogP contribution in [0.1, 0.15) is 5.56 Å². The zero-order valence-electron chi connectivity index (χ0n) is 14.0. The number of carbonyl (C=O) groups is 2. The van der Waals surface area contributed by atoms with Crippen LogP contribution in [-0.2, 0) is 10.5 Å². The number of fused-ring (bicyclic) bond motifs is 1. The molecular formula is C18H17N3O3S2. The third-order valence-corrected chi connectivity index (χ3v) is 5.73. The Morgan fingerprint density at radius 2 is 1.96 bits per heavy atom. The number of anilines is 1. The average Bonchev–Trinajstić information content (AvgIpc) is 2.66. The molecule has 0 aliphatic carbocycles. The van der Waals surface area contributed by atoms with Gasteiger partial charge in [-0.25, -0.2) is 9.79 Å². The summed E-state index contributed by atoms with van der Waals surface area (Å²) >= 11 is 2.92. The summed E-state index contributed by atoms with van der Waals surface area (Å²) < 4.78 is 5.88. The number of aliphatic imine (C=N–C) groups is 1. The molecule has 2 aromatic carbocycles. The Bertz CT molecular complexity index is 838. The van der Waals surface area contributed by atoms with Gasteiger partial charge < -0.3 is 10.1 Å². The van der Waals surface area contributed by atoms with Crippen molar-refractivity contribution in [3.63, 3.8) is 0 Å². The van der Waals surface area contributed by atoms with Crippen LogP contribution in [0.2, 0.25) is 0 Å². The van der Waals surface area contributed by atoms with E-state index in [0.29, 0.717) is 11.4 Å². The van der Waals surface area contributed by atoms with Crippen LogP contribution < -0.4 is 15.4 Å². The van der Waals surface area contributed by atoms with Crippen molar-refractivity contribution in [3.05, 3.63) is 54.1 Å². The third-order valence-electron chi connectivity index (χ3n) is 3.48. The number of hydrogen-bond donors (Lipinski definition) is 2. The Morgan fingerprint density at radius 1 is 1.19 bits per heavy atom. The first-order chi connectivity index (χ1) is 12.6. The zero-order valence-corrected chi connectivity index (χ0v) is 15.7. The molecule has 0 aromatic heterocycles. The van der Waals surface area contributed by atoms with Crippen molar-refractivity contribution in [2.45, 2.75) is 5.75 Å². The molecule has 0 unspecified atom stereocenters. The topological polar surface area (TPSA) is 79.8 Å². The van der Waals surface area contributed by atoms with E-state index in [0.717, 1.165) is 15.8 Å². The van der Waals surface area contributed by atoms with E-state index < -0.39 is 6.03 Å². The van der Waals surface area contributed by atoms with Gasteiger partial charge >= 0.3 is 6.03 Å². The lowest BCUT2D eigenvalue weighted by Crippen LogP contribution is -2.35. The number of para-hydroxylation sites is 1. The van der Waals surface area contributed by atoms with Crippen molar-refractivity contribution in [2.75, 3.05) is 18.2 Å². The molecule has 0 bridgehead atoms. The first-order valence-corrected chi connectivity index (χ1v) is 9.78. The summed E-state index contributed by atoms with van der Waals surface area (Å²) in [7, 11) is 1.57. The zero-order chi connectivity index (χ0) is 18.4. The van der Waals surface area contributed by atoms with Gasteiger partial charge in [-0.3, -0.25) is 10.1 Å². The van der Waals surface area contributed by atoms with Crippen LogP contribution in [0.25, 0.3) is 0 Å². The van der Waals surface area contributed by atoms with Crippen LogP contribution in [0.5, 0.6) is 5.75 Å². The number of methoxy groups -OCH3 is 1. The van der Waals surface area contributed by atoms with E-state index in [1.165, 1.54) is 17.3 Å². The number of nitrogens with zero attached hydrogens (tertiary/aromatic N) is 1. The van der Waals surface area contributed by atoms with Crippen molar-refractivity contribution < 1.29 is 14.3 Å². The maximum absolute atomic E-state index is 12.0. The van der Waals surface area contributed by atoms with E-state index in [-0.39, 0.29) is 11.7 Å². The van der Waals surface area contributed by atoms with Gasteiger partial charge in [0.2, 0.25) is 5.91 Å². The summed E-state index contributed by atoms with van der Waals surface area (Å²) in [6, 6.07) is 14.2. The third kappa shape index (κ3) is 5.03. The van der Waals surface area contributed by atoms with Gasteiger partial charge in [-0.15, -0.1) is 0 Å². The average molecular weight is 387 g/mol. The smallest absolute Gasteiger partial charge is 0.325 e. The molecule has 0 radical (unpaired) electrons. The van der Waals surface area contributed by atoms with E-state index in [9.17, 15) is 9.59 Å². The van der Waals surface area contributed by atoms with Gasteiger partial charge in [-0.05, 0) is 35.9 Å². The molecule has 3 rings (SSSR count). The van der Waals surface area contributed by atoms with Gasteiger partial charge in [-0.2, -0.15) is 0 Å². The largest absolute Gasteiger partial charge is 0.497 e. The molecule has 0 saturated heterocycles. The molecule has 1 heterocycles. The first kappa shape index (κ1) is 18.3. The van der Waals surface area contributed by atoms with Gasteiger partial charge in [0.05, 0.1) is 18.6 Å². The van der Waals surface area contributed by atoms with Gasteiger partial charge in [0.15, 0.2) is 0 Å². The predicted octanol–water partition coefficient (Wildman–Crippen LogP) is 4.01. The number of hydrogen-bond acceptors (Lipinski definition) is 6. The highest BCUT2D eigenvalue weighted by Crippen LogP contribution is 2.34. The Morgan fingerprint density at radius 3 is 2.73 bits per heavy atom. The second-order valence-electron chi connectivity index (χ2n) is 5.31. The maximum Gasteiger partial charge on any atom is 0.325 e. The van der Waals surface area contributed by atoms with Crippen molar-refractivity contribution >= 4 is 51.2 Å². The van der Waals surface area contributed by atoms with Crippen LogP contribution in [0.3, 0.4) is 0 Å². The summed E-state index contributed by atoms with van der Waals surface area (Å²) in [6.45, 7) is 0. The highest BCUT2D eigenvalue weighted by molar-refractivity contribution is 8.38. The molecular weight excluding hydrogens is 370 g/mol. The van der Waals surface area contributed by atoms with Gasteiger partial charge in [-0.1, -0.05) is 41.7 Å². The Hall–Kier alpha value is -2.45. The fraction of sp³-hybridized carbons (Fsp3) is 0.167. The minimum atomic E-state index is -0.565. The van der Waals surface area contributed by atoms with Crippen LogP contribution in [0, 0.1) is 0 Å². The molecule has 1 aliphatic heterocycles. The van der Waals surface area contributed by atoms with E-state index in [1.54, 1.807) is 43.1 Å². The van der Waals surface area contributed by atoms with Gasteiger partial charge in [0, 0.05) is 11.4 Å². The van der Waals surface area contributed by atoms with Crippen molar-refractivity contribution in [1.29, 1.82) is 0 Å². The summed E-state index contributed by atoms with van der Waals surface area (Å²) in [6.07, 6.45) is 0. The number of carbonyl (C=O) groups excluding carboxylic acids is 2. The van der Waals surface area contributed by atoms with Gasteiger partial charge in [0.1, 0.15) is 10.1 Å². The van der Waals surface area contributed by atoms with E-state index in [1.807, 2.05) is 24.3 Å². The second kappa shape index (κ2) is 8.77. The highest BCUT2D eigenvalue weighted by atomic mass is 32.2. The number of urea groups is 1. The lowest BCUT2D eigenvalue weighted by molar-refractivity contribution is -0.117. The quantitative estimate of drug-likeness (QED) is 0.829. The number of rotatable bonds is 4.